The molecule has 0 radical (unpaired) electrons. The Hall–Kier alpha value is -2.50. The Kier molecular flexibility index (Phi) is 2.60. The molecule has 1 aromatic heterocycles. The third-order valence-corrected chi connectivity index (χ3v) is 2.56. The van der Waals surface area contributed by atoms with E-state index in [-0.39, 0.29) is 12.5 Å². The maximum absolute atomic E-state index is 11.9. The number of rotatable bonds is 2. The molecule has 0 fully saturated rings. The minimum atomic E-state index is -0.664. The topological polar surface area (TPSA) is 76.2 Å². The molecule has 6 heteroatoms. The Bertz CT molecular complexity index is 553. The fourth-order valence-electron chi connectivity index (χ4n) is 1.69. The molecule has 3 rings (SSSR count). The van der Waals surface area contributed by atoms with Gasteiger partial charge in [0.1, 0.15) is 12.4 Å². The number of aromatic amines is 1. The normalized spacial score (nSPS) is 17.2. The first kappa shape index (κ1) is 10.6. The summed E-state index contributed by atoms with van der Waals surface area (Å²) in [5.74, 6) is 1.49. The Labute approximate surface area is 103 Å². The van der Waals surface area contributed by atoms with Crippen molar-refractivity contribution < 1.29 is 14.3 Å². The first-order valence-corrected chi connectivity index (χ1v) is 5.51. The van der Waals surface area contributed by atoms with Gasteiger partial charge < -0.3 is 14.8 Å². The van der Waals surface area contributed by atoms with Crippen molar-refractivity contribution in [3.8, 4) is 11.5 Å². The van der Waals surface area contributed by atoms with Crippen molar-refractivity contribution >= 4 is 11.7 Å². The van der Waals surface area contributed by atoms with E-state index in [0.29, 0.717) is 17.3 Å². The largest absolute Gasteiger partial charge is 0.485 e. The first-order chi connectivity index (χ1) is 8.83. The summed E-state index contributed by atoms with van der Waals surface area (Å²) >= 11 is 0. The number of H-pyrrole nitrogens is 1. The van der Waals surface area contributed by atoms with Gasteiger partial charge in [-0.1, -0.05) is 12.1 Å². The molecule has 0 spiro atoms. The molecule has 0 saturated heterocycles. The highest BCUT2D eigenvalue weighted by atomic mass is 16.6. The van der Waals surface area contributed by atoms with Crippen LogP contribution in [0.1, 0.15) is 0 Å². The van der Waals surface area contributed by atoms with Crippen LogP contribution in [-0.4, -0.2) is 28.8 Å². The molecule has 1 unspecified atom stereocenters. The number of nitrogens with zero attached hydrogens (tertiary/aromatic N) is 1. The SMILES string of the molecule is O=C(Nc1ccn[nH]1)C1COc2ccccc2O1. The highest BCUT2D eigenvalue weighted by Gasteiger charge is 2.27. The molecule has 0 saturated carbocycles. The van der Waals surface area contributed by atoms with Crippen LogP contribution < -0.4 is 14.8 Å². The number of anilines is 1. The van der Waals surface area contributed by atoms with E-state index in [1.54, 1.807) is 24.4 Å². The number of hydrogen-bond acceptors (Lipinski definition) is 4. The molecule has 1 amide bonds. The summed E-state index contributed by atoms with van der Waals surface area (Å²) < 4.78 is 11.0. The molecule has 0 bridgehead atoms. The zero-order valence-electron chi connectivity index (χ0n) is 9.42. The number of benzene rings is 1. The number of ether oxygens (including phenoxy) is 2. The molecule has 2 N–H and O–H groups in total. The van der Waals surface area contributed by atoms with Crippen LogP contribution in [-0.2, 0) is 4.79 Å². The highest BCUT2D eigenvalue weighted by Crippen LogP contribution is 2.30. The Morgan fingerprint density at radius 2 is 2.17 bits per heavy atom. The van der Waals surface area contributed by atoms with Crippen LogP contribution >= 0.6 is 0 Å². The number of hydrogen-bond donors (Lipinski definition) is 2. The van der Waals surface area contributed by atoms with Crippen LogP contribution in [0.4, 0.5) is 5.82 Å². The number of nitrogens with one attached hydrogen (secondary N) is 2. The van der Waals surface area contributed by atoms with Crippen LogP contribution in [0.5, 0.6) is 11.5 Å². The smallest absolute Gasteiger partial charge is 0.270 e. The number of aromatic nitrogens is 2. The molecular weight excluding hydrogens is 234 g/mol. The molecule has 6 nitrogen and oxygen atoms in total. The van der Waals surface area contributed by atoms with E-state index in [4.69, 9.17) is 9.47 Å². The Balaban J connectivity index is 1.70. The van der Waals surface area contributed by atoms with Crippen molar-refractivity contribution in [2.75, 3.05) is 11.9 Å². The summed E-state index contributed by atoms with van der Waals surface area (Å²) in [6.07, 6.45) is 0.895. The summed E-state index contributed by atoms with van der Waals surface area (Å²) in [6.45, 7) is 0.191. The number of carbonyl (C=O) groups is 1. The van der Waals surface area contributed by atoms with E-state index in [1.807, 2.05) is 12.1 Å². The van der Waals surface area contributed by atoms with E-state index in [1.165, 1.54) is 0 Å². The summed E-state index contributed by atoms with van der Waals surface area (Å²) in [5.41, 5.74) is 0. The average Bonchev–Trinajstić information content (AvgIpc) is 2.91. The van der Waals surface area contributed by atoms with Crippen molar-refractivity contribution in [3.63, 3.8) is 0 Å². The van der Waals surface area contributed by atoms with Gasteiger partial charge in [-0.15, -0.1) is 0 Å². The van der Waals surface area contributed by atoms with E-state index in [9.17, 15) is 4.79 Å². The van der Waals surface area contributed by atoms with Crippen molar-refractivity contribution in [1.82, 2.24) is 10.2 Å². The fourth-order valence-corrected chi connectivity index (χ4v) is 1.69. The van der Waals surface area contributed by atoms with Crippen LogP contribution in [0.15, 0.2) is 36.5 Å². The summed E-state index contributed by atoms with van der Waals surface area (Å²) in [4.78, 5) is 11.9. The van der Waals surface area contributed by atoms with Crippen molar-refractivity contribution in [1.29, 1.82) is 0 Å². The van der Waals surface area contributed by atoms with Crippen molar-refractivity contribution in [3.05, 3.63) is 36.5 Å². The number of para-hydroxylation sites is 2. The maximum atomic E-state index is 11.9. The van der Waals surface area contributed by atoms with Gasteiger partial charge in [0.15, 0.2) is 11.5 Å². The molecular formula is C12H11N3O3. The monoisotopic (exact) mass is 245 g/mol. The number of carbonyl (C=O) groups excluding carboxylic acids is 1. The summed E-state index contributed by atoms with van der Waals surface area (Å²) in [6, 6.07) is 8.92. The van der Waals surface area contributed by atoms with E-state index >= 15 is 0 Å². The van der Waals surface area contributed by atoms with Gasteiger partial charge in [0.25, 0.3) is 5.91 Å². The van der Waals surface area contributed by atoms with Crippen molar-refractivity contribution in [2.45, 2.75) is 6.10 Å². The van der Waals surface area contributed by atoms with Gasteiger partial charge in [-0.05, 0) is 12.1 Å². The molecule has 2 heterocycles. The van der Waals surface area contributed by atoms with Gasteiger partial charge in [0, 0.05) is 6.07 Å². The van der Waals surface area contributed by atoms with Gasteiger partial charge >= 0.3 is 0 Å². The lowest BCUT2D eigenvalue weighted by Gasteiger charge is -2.25. The molecule has 1 aromatic carbocycles. The molecule has 1 aliphatic rings. The zero-order valence-corrected chi connectivity index (χ0v) is 9.42. The summed E-state index contributed by atoms with van der Waals surface area (Å²) in [7, 11) is 0. The molecule has 18 heavy (non-hydrogen) atoms. The predicted molar refractivity (Wildman–Crippen MR) is 63.6 cm³/mol. The Morgan fingerprint density at radius 3 is 2.94 bits per heavy atom. The summed E-state index contributed by atoms with van der Waals surface area (Å²) in [5, 5.41) is 9.05. The van der Waals surface area contributed by atoms with E-state index < -0.39 is 6.10 Å². The van der Waals surface area contributed by atoms with Gasteiger partial charge in [-0.3, -0.25) is 9.89 Å². The third kappa shape index (κ3) is 2.00. The second-order valence-electron chi connectivity index (χ2n) is 3.82. The second kappa shape index (κ2) is 4.40. The molecule has 92 valence electrons. The molecule has 2 aromatic rings. The predicted octanol–water partition coefficient (Wildman–Crippen LogP) is 1.19. The van der Waals surface area contributed by atoms with Gasteiger partial charge in [0.2, 0.25) is 6.10 Å². The maximum Gasteiger partial charge on any atom is 0.270 e. The molecule has 0 aliphatic carbocycles. The number of fused-ring (bicyclic) bond motifs is 1. The lowest BCUT2D eigenvalue weighted by molar-refractivity contribution is -0.125. The minimum absolute atomic E-state index is 0.191. The van der Waals surface area contributed by atoms with Gasteiger partial charge in [0.05, 0.1) is 6.20 Å². The quantitative estimate of drug-likeness (QED) is 0.833. The fraction of sp³-hybridized carbons (Fsp3) is 0.167. The van der Waals surface area contributed by atoms with Crippen LogP contribution in [0.2, 0.25) is 0 Å². The minimum Gasteiger partial charge on any atom is -0.485 e. The Morgan fingerprint density at radius 1 is 1.33 bits per heavy atom. The van der Waals surface area contributed by atoms with Gasteiger partial charge in [-0.2, -0.15) is 5.10 Å². The van der Waals surface area contributed by atoms with Crippen LogP contribution in [0, 0.1) is 0 Å². The third-order valence-electron chi connectivity index (χ3n) is 2.56. The highest BCUT2D eigenvalue weighted by molar-refractivity contribution is 5.93. The average molecular weight is 245 g/mol. The van der Waals surface area contributed by atoms with Crippen molar-refractivity contribution in [2.24, 2.45) is 0 Å². The number of amides is 1. The van der Waals surface area contributed by atoms with Crippen LogP contribution in [0.25, 0.3) is 0 Å². The lowest BCUT2D eigenvalue weighted by atomic mass is 10.2. The standard InChI is InChI=1S/C12H11N3O3/c16-12(14-11-5-6-13-15-11)10-7-17-8-3-1-2-4-9(8)18-10/h1-6,10H,7H2,(H2,13,14,15,16). The van der Waals surface area contributed by atoms with E-state index in [0.717, 1.165) is 0 Å². The molecule has 1 atom stereocenters. The second-order valence-corrected chi connectivity index (χ2v) is 3.82. The zero-order chi connectivity index (χ0) is 12.4. The lowest BCUT2D eigenvalue weighted by Crippen LogP contribution is -2.40. The molecule has 1 aliphatic heterocycles. The first-order valence-electron chi connectivity index (χ1n) is 5.51. The van der Waals surface area contributed by atoms with Gasteiger partial charge in [-0.25, -0.2) is 0 Å². The van der Waals surface area contributed by atoms with E-state index in [2.05, 4.69) is 15.5 Å². The van der Waals surface area contributed by atoms with Crippen LogP contribution in [0.3, 0.4) is 0 Å².